The fourth-order valence-electron chi connectivity index (χ4n) is 0.228. The van der Waals surface area contributed by atoms with Crippen molar-refractivity contribution in [1.29, 1.82) is 0 Å². The second-order valence-electron chi connectivity index (χ2n) is 1.34. The van der Waals surface area contributed by atoms with Gasteiger partial charge in [-0.1, -0.05) is 0 Å². The predicted octanol–water partition coefficient (Wildman–Crippen LogP) is 1.27. The minimum Gasteiger partial charge on any atom is -0.211 e. The Bertz CT molecular complexity index is 124. The van der Waals surface area contributed by atoms with Crippen LogP contribution in [0, 0.1) is 0 Å². The zero-order valence-electron chi connectivity index (χ0n) is 4.40. The van der Waals surface area contributed by atoms with E-state index in [4.69, 9.17) is 0 Å². The van der Waals surface area contributed by atoms with Crippen molar-refractivity contribution in [2.75, 3.05) is 6.54 Å². The Hall–Kier alpha value is -0.830. The molecule has 0 aliphatic carbocycles. The fraction of sp³-hybridized carbons (Fsp3) is 0.750. The first kappa shape index (κ1) is 8.17. The number of isocyanates is 1. The molecule has 0 aliphatic heterocycles. The van der Waals surface area contributed by atoms with Crippen LogP contribution in [-0.4, -0.2) is 18.8 Å². The quantitative estimate of drug-likeness (QED) is 0.418. The average molecular weight is 139 g/mol. The molecular formula is C4H4F3NO. The Morgan fingerprint density at radius 3 is 2.33 bits per heavy atom. The standard InChI is InChI=1S/C4H4F3NO/c5-4(6,7)1-2-8-3-9/h1-2H2. The van der Waals surface area contributed by atoms with Crippen molar-refractivity contribution in [3.8, 4) is 0 Å². The zero-order valence-corrected chi connectivity index (χ0v) is 4.40. The number of nitrogens with zero attached hydrogens (tertiary/aromatic N) is 1. The second-order valence-corrected chi connectivity index (χ2v) is 1.34. The number of aliphatic imine (C=N–C) groups is 1. The summed E-state index contributed by atoms with van der Waals surface area (Å²) >= 11 is 0. The molecule has 0 bridgehead atoms. The van der Waals surface area contributed by atoms with Crippen LogP contribution in [-0.2, 0) is 4.79 Å². The van der Waals surface area contributed by atoms with Crippen LogP contribution in [0.15, 0.2) is 4.99 Å². The second kappa shape index (κ2) is 3.25. The maximum atomic E-state index is 11.2. The summed E-state index contributed by atoms with van der Waals surface area (Å²) in [5.41, 5.74) is 0. The van der Waals surface area contributed by atoms with E-state index in [9.17, 15) is 18.0 Å². The highest BCUT2D eigenvalue weighted by Crippen LogP contribution is 2.18. The van der Waals surface area contributed by atoms with E-state index in [0.29, 0.717) is 0 Å². The van der Waals surface area contributed by atoms with E-state index in [-0.39, 0.29) is 0 Å². The van der Waals surface area contributed by atoms with Gasteiger partial charge < -0.3 is 0 Å². The minimum atomic E-state index is -4.22. The van der Waals surface area contributed by atoms with Crippen LogP contribution >= 0.6 is 0 Å². The summed E-state index contributed by atoms with van der Waals surface area (Å²) in [6.07, 6.45) is -4.26. The molecule has 0 saturated heterocycles. The Morgan fingerprint density at radius 2 is 2.00 bits per heavy atom. The summed E-state index contributed by atoms with van der Waals surface area (Å²) in [4.78, 5) is 12.0. The van der Waals surface area contributed by atoms with Gasteiger partial charge in [0, 0.05) is 0 Å². The molecule has 0 heterocycles. The lowest BCUT2D eigenvalue weighted by Crippen LogP contribution is -2.08. The lowest BCUT2D eigenvalue weighted by atomic mass is 10.4. The molecule has 0 amide bonds. The van der Waals surface area contributed by atoms with Crippen molar-refractivity contribution in [1.82, 2.24) is 0 Å². The molecule has 0 unspecified atom stereocenters. The van der Waals surface area contributed by atoms with Gasteiger partial charge in [-0.15, -0.1) is 0 Å². The molecule has 5 heteroatoms. The van der Waals surface area contributed by atoms with Gasteiger partial charge in [0.2, 0.25) is 6.08 Å². The fourth-order valence-corrected chi connectivity index (χ4v) is 0.228. The molecule has 0 aromatic rings. The van der Waals surface area contributed by atoms with E-state index in [1.807, 2.05) is 0 Å². The SMILES string of the molecule is O=C=NCCC(F)(F)F. The maximum absolute atomic E-state index is 11.2. The van der Waals surface area contributed by atoms with E-state index >= 15 is 0 Å². The van der Waals surface area contributed by atoms with Crippen molar-refractivity contribution >= 4 is 6.08 Å². The number of alkyl halides is 3. The molecule has 0 fully saturated rings. The smallest absolute Gasteiger partial charge is 0.211 e. The first-order chi connectivity index (χ1) is 4.06. The van der Waals surface area contributed by atoms with Crippen molar-refractivity contribution in [2.24, 2.45) is 4.99 Å². The van der Waals surface area contributed by atoms with Crippen molar-refractivity contribution in [3.63, 3.8) is 0 Å². The van der Waals surface area contributed by atoms with Crippen LogP contribution in [0.5, 0.6) is 0 Å². The average Bonchev–Trinajstić information content (AvgIpc) is 1.63. The van der Waals surface area contributed by atoms with E-state index in [0.717, 1.165) is 6.08 Å². The van der Waals surface area contributed by atoms with Crippen LogP contribution < -0.4 is 0 Å². The molecule has 0 aromatic heterocycles. The van der Waals surface area contributed by atoms with Crippen LogP contribution in [0.4, 0.5) is 13.2 Å². The van der Waals surface area contributed by atoms with Gasteiger partial charge in [-0.25, -0.2) is 9.79 Å². The zero-order chi connectivity index (χ0) is 7.33. The summed E-state index contributed by atoms with van der Waals surface area (Å²) < 4.78 is 33.6. The highest BCUT2D eigenvalue weighted by molar-refractivity contribution is 5.32. The van der Waals surface area contributed by atoms with E-state index < -0.39 is 19.1 Å². The van der Waals surface area contributed by atoms with Gasteiger partial charge in [-0.3, -0.25) is 0 Å². The molecule has 0 N–H and O–H groups in total. The van der Waals surface area contributed by atoms with Gasteiger partial charge in [0.1, 0.15) is 0 Å². The monoisotopic (exact) mass is 139 g/mol. The van der Waals surface area contributed by atoms with Crippen LogP contribution in [0.25, 0.3) is 0 Å². The number of rotatable bonds is 2. The predicted molar refractivity (Wildman–Crippen MR) is 23.7 cm³/mol. The summed E-state index contributed by atoms with van der Waals surface area (Å²) in [5, 5.41) is 0. The molecule has 9 heavy (non-hydrogen) atoms. The summed E-state index contributed by atoms with van der Waals surface area (Å²) in [6, 6.07) is 0. The van der Waals surface area contributed by atoms with Crippen LogP contribution in [0.2, 0.25) is 0 Å². The van der Waals surface area contributed by atoms with Crippen LogP contribution in [0.3, 0.4) is 0 Å². The maximum Gasteiger partial charge on any atom is 0.390 e. The Balaban J connectivity index is 3.39. The van der Waals surface area contributed by atoms with Gasteiger partial charge in [-0.2, -0.15) is 13.2 Å². The van der Waals surface area contributed by atoms with E-state index in [1.54, 1.807) is 0 Å². The molecule has 52 valence electrons. The van der Waals surface area contributed by atoms with Gasteiger partial charge in [0.25, 0.3) is 0 Å². The summed E-state index contributed by atoms with van der Waals surface area (Å²) in [5.74, 6) is 0. The number of carbonyl (C=O) groups excluding carboxylic acids is 1. The van der Waals surface area contributed by atoms with Crippen LogP contribution in [0.1, 0.15) is 6.42 Å². The van der Waals surface area contributed by atoms with Gasteiger partial charge in [-0.05, 0) is 0 Å². The normalized spacial score (nSPS) is 10.6. The molecule has 2 nitrogen and oxygen atoms in total. The molecule has 0 aromatic carbocycles. The first-order valence-electron chi connectivity index (χ1n) is 2.16. The summed E-state index contributed by atoms with van der Waals surface area (Å²) in [7, 11) is 0. The third kappa shape index (κ3) is 7.17. The Morgan fingerprint density at radius 1 is 1.44 bits per heavy atom. The van der Waals surface area contributed by atoms with Crippen molar-refractivity contribution in [2.45, 2.75) is 12.6 Å². The third-order valence-electron chi connectivity index (χ3n) is 0.572. The lowest BCUT2D eigenvalue weighted by Gasteiger charge is -1.99. The first-order valence-corrected chi connectivity index (χ1v) is 2.16. The number of hydrogen-bond acceptors (Lipinski definition) is 2. The summed E-state index contributed by atoms with van der Waals surface area (Å²) in [6.45, 7) is -0.521. The molecule has 0 aliphatic rings. The van der Waals surface area contributed by atoms with Gasteiger partial charge in [0.05, 0.1) is 13.0 Å². The topological polar surface area (TPSA) is 29.4 Å². The Kier molecular flexibility index (Phi) is 2.95. The largest absolute Gasteiger partial charge is 0.390 e. The molecule has 0 radical (unpaired) electrons. The molecular weight excluding hydrogens is 135 g/mol. The van der Waals surface area contributed by atoms with Crippen molar-refractivity contribution < 1.29 is 18.0 Å². The van der Waals surface area contributed by atoms with E-state index in [1.165, 1.54) is 0 Å². The minimum absolute atomic E-state index is 0.521. The van der Waals surface area contributed by atoms with E-state index in [2.05, 4.69) is 4.99 Å². The van der Waals surface area contributed by atoms with Gasteiger partial charge >= 0.3 is 6.18 Å². The highest BCUT2D eigenvalue weighted by atomic mass is 19.4. The molecule has 0 atom stereocenters. The highest BCUT2D eigenvalue weighted by Gasteiger charge is 2.25. The third-order valence-corrected chi connectivity index (χ3v) is 0.572. The Labute approximate surface area is 49.4 Å². The number of halogens is 3. The van der Waals surface area contributed by atoms with Gasteiger partial charge in [0.15, 0.2) is 0 Å². The van der Waals surface area contributed by atoms with Crippen molar-refractivity contribution in [3.05, 3.63) is 0 Å². The number of hydrogen-bond donors (Lipinski definition) is 0. The lowest BCUT2D eigenvalue weighted by molar-refractivity contribution is -0.132. The molecule has 0 spiro atoms. The molecule has 0 rings (SSSR count). The molecule has 0 saturated carbocycles.